The molecule has 1 aromatic heterocycles. The highest BCUT2D eigenvalue weighted by atomic mass is 79.9. The molecule has 0 N–H and O–H groups in total. The molecule has 0 atom stereocenters. The first-order valence-corrected chi connectivity index (χ1v) is 7.52. The van der Waals surface area contributed by atoms with Crippen LogP contribution in [0.3, 0.4) is 0 Å². The van der Waals surface area contributed by atoms with Crippen LogP contribution < -0.4 is 0 Å². The summed E-state index contributed by atoms with van der Waals surface area (Å²) in [6, 6.07) is 6.29. The first kappa shape index (κ1) is 15.8. The van der Waals surface area contributed by atoms with Crippen LogP contribution in [0.1, 0.15) is 34.4 Å². The lowest BCUT2D eigenvalue weighted by molar-refractivity contribution is 0.0750. The van der Waals surface area contributed by atoms with Crippen LogP contribution >= 0.6 is 15.9 Å². The summed E-state index contributed by atoms with van der Waals surface area (Å²) in [6.45, 7) is 6.36. The second-order valence-electron chi connectivity index (χ2n) is 4.85. The molecule has 3 nitrogen and oxygen atoms in total. The van der Waals surface area contributed by atoms with Gasteiger partial charge in [0.1, 0.15) is 17.3 Å². The summed E-state index contributed by atoms with van der Waals surface area (Å²) in [6.07, 6.45) is 0. The Bertz CT molecular complexity index is 666. The summed E-state index contributed by atoms with van der Waals surface area (Å²) in [4.78, 5) is 14.3. The molecule has 112 valence electrons. The minimum Gasteiger partial charge on any atom is -0.465 e. The van der Waals surface area contributed by atoms with Gasteiger partial charge in [0, 0.05) is 13.1 Å². The fourth-order valence-electron chi connectivity index (χ4n) is 2.24. The van der Waals surface area contributed by atoms with E-state index in [9.17, 15) is 9.18 Å². The van der Waals surface area contributed by atoms with Crippen LogP contribution in [0, 0.1) is 19.7 Å². The first-order valence-electron chi connectivity index (χ1n) is 6.73. The molecule has 0 saturated heterocycles. The molecule has 2 aromatic rings. The van der Waals surface area contributed by atoms with Crippen molar-refractivity contribution in [1.29, 1.82) is 0 Å². The van der Waals surface area contributed by atoms with Crippen LogP contribution in [0.4, 0.5) is 4.39 Å². The quantitative estimate of drug-likeness (QED) is 0.812. The number of amides is 1. The monoisotopic (exact) mass is 353 g/mol. The van der Waals surface area contributed by atoms with Gasteiger partial charge in [0.05, 0.1) is 10.0 Å². The molecular weight excluding hydrogens is 337 g/mol. The van der Waals surface area contributed by atoms with Gasteiger partial charge in [-0.3, -0.25) is 4.79 Å². The third-order valence-electron chi connectivity index (χ3n) is 3.33. The number of nitrogens with zero attached hydrogens (tertiary/aromatic N) is 1. The first-order chi connectivity index (χ1) is 9.93. The van der Waals surface area contributed by atoms with Gasteiger partial charge in [-0.05, 0) is 54.4 Å². The molecule has 1 aromatic carbocycles. The van der Waals surface area contributed by atoms with Crippen LogP contribution in [-0.2, 0) is 6.54 Å². The highest BCUT2D eigenvalue weighted by Crippen LogP contribution is 2.28. The number of benzene rings is 1. The van der Waals surface area contributed by atoms with E-state index in [1.165, 1.54) is 12.1 Å². The van der Waals surface area contributed by atoms with Crippen molar-refractivity contribution in [2.75, 3.05) is 6.54 Å². The molecule has 0 fully saturated rings. The SMILES string of the molecule is CCN(Cc1cccc(F)c1)C(=O)c1c(C)oc(C)c1Br. The normalized spacial score (nSPS) is 10.7. The van der Waals surface area contributed by atoms with Gasteiger partial charge < -0.3 is 9.32 Å². The number of hydrogen-bond acceptors (Lipinski definition) is 2. The van der Waals surface area contributed by atoms with Gasteiger partial charge >= 0.3 is 0 Å². The zero-order valence-electron chi connectivity index (χ0n) is 12.2. The molecule has 0 unspecified atom stereocenters. The molecule has 0 spiro atoms. The smallest absolute Gasteiger partial charge is 0.258 e. The maximum absolute atomic E-state index is 13.3. The van der Waals surface area contributed by atoms with E-state index in [0.29, 0.717) is 34.6 Å². The maximum Gasteiger partial charge on any atom is 0.258 e. The molecule has 21 heavy (non-hydrogen) atoms. The lowest BCUT2D eigenvalue weighted by atomic mass is 10.1. The second kappa shape index (κ2) is 6.43. The Balaban J connectivity index is 2.27. The van der Waals surface area contributed by atoms with Gasteiger partial charge in [-0.15, -0.1) is 0 Å². The Kier molecular flexibility index (Phi) is 4.83. The van der Waals surface area contributed by atoms with Crippen molar-refractivity contribution >= 4 is 21.8 Å². The highest BCUT2D eigenvalue weighted by Gasteiger charge is 2.24. The van der Waals surface area contributed by atoms with Gasteiger partial charge in [-0.1, -0.05) is 12.1 Å². The molecule has 1 heterocycles. The van der Waals surface area contributed by atoms with Crippen molar-refractivity contribution < 1.29 is 13.6 Å². The average molecular weight is 354 g/mol. The predicted molar refractivity (Wildman–Crippen MR) is 82.7 cm³/mol. The molecule has 2 rings (SSSR count). The zero-order valence-corrected chi connectivity index (χ0v) is 13.8. The summed E-state index contributed by atoms with van der Waals surface area (Å²) in [7, 11) is 0. The van der Waals surface area contributed by atoms with Crippen molar-refractivity contribution in [3.8, 4) is 0 Å². The number of carbonyl (C=O) groups is 1. The van der Waals surface area contributed by atoms with E-state index in [4.69, 9.17) is 4.42 Å². The van der Waals surface area contributed by atoms with Crippen molar-refractivity contribution in [2.45, 2.75) is 27.3 Å². The predicted octanol–water partition coefficient (Wildman–Crippen LogP) is 4.46. The number of aryl methyl sites for hydroxylation is 2. The van der Waals surface area contributed by atoms with Crippen molar-refractivity contribution in [1.82, 2.24) is 4.90 Å². The number of hydrogen-bond donors (Lipinski definition) is 0. The molecule has 0 aliphatic carbocycles. The van der Waals surface area contributed by atoms with E-state index in [1.54, 1.807) is 24.8 Å². The van der Waals surface area contributed by atoms with E-state index < -0.39 is 0 Å². The number of furan rings is 1. The van der Waals surface area contributed by atoms with Gasteiger partial charge in [-0.25, -0.2) is 4.39 Å². The van der Waals surface area contributed by atoms with Crippen molar-refractivity contribution in [3.05, 3.63) is 57.2 Å². The second-order valence-corrected chi connectivity index (χ2v) is 5.65. The molecular formula is C16H17BrFNO2. The Morgan fingerprint density at radius 2 is 2.05 bits per heavy atom. The Morgan fingerprint density at radius 1 is 1.33 bits per heavy atom. The molecule has 0 aliphatic heterocycles. The lowest BCUT2D eigenvalue weighted by Crippen LogP contribution is -2.30. The van der Waals surface area contributed by atoms with Gasteiger partial charge in [-0.2, -0.15) is 0 Å². The van der Waals surface area contributed by atoms with E-state index in [1.807, 2.05) is 13.0 Å². The Morgan fingerprint density at radius 3 is 2.57 bits per heavy atom. The van der Waals surface area contributed by atoms with Crippen LogP contribution in [-0.4, -0.2) is 17.4 Å². The van der Waals surface area contributed by atoms with E-state index in [2.05, 4.69) is 15.9 Å². The average Bonchev–Trinajstić information content (AvgIpc) is 2.69. The standard InChI is InChI=1S/C16H17BrFNO2/c1-4-19(9-12-6-5-7-13(18)8-12)16(20)14-10(2)21-11(3)15(14)17/h5-8H,4,9H2,1-3H3. The summed E-state index contributed by atoms with van der Waals surface area (Å²) < 4.78 is 19.4. The molecule has 0 saturated carbocycles. The van der Waals surface area contributed by atoms with Crippen LogP contribution in [0.25, 0.3) is 0 Å². The number of halogens is 2. The topological polar surface area (TPSA) is 33.5 Å². The van der Waals surface area contributed by atoms with Crippen LogP contribution in [0.2, 0.25) is 0 Å². The summed E-state index contributed by atoms with van der Waals surface area (Å²) in [5.74, 6) is 0.843. The minimum absolute atomic E-state index is 0.122. The maximum atomic E-state index is 13.3. The molecule has 1 amide bonds. The van der Waals surface area contributed by atoms with E-state index >= 15 is 0 Å². The minimum atomic E-state index is -0.299. The fraction of sp³-hybridized carbons (Fsp3) is 0.312. The van der Waals surface area contributed by atoms with Crippen LogP contribution in [0.5, 0.6) is 0 Å². The van der Waals surface area contributed by atoms with E-state index in [-0.39, 0.29) is 11.7 Å². The highest BCUT2D eigenvalue weighted by molar-refractivity contribution is 9.10. The number of rotatable bonds is 4. The van der Waals surface area contributed by atoms with Crippen LogP contribution in [0.15, 0.2) is 33.2 Å². The van der Waals surface area contributed by atoms with Gasteiger partial charge in [0.15, 0.2) is 0 Å². The Hall–Kier alpha value is -1.62. The van der Waals surface area contributed by atoms with Gasteiger partial charge in [0.2, 0.25) is 0 Å². The molecule has 0 radical (unpaired) electrons. The fourth-order valence-corrected chi connectivity index (χ4v) is 2.77. The zero-order chi connectivity index (χ0) is 15.6. The molecule has 0 aliphatic rings. The van der Waals surface area contributed by atoms with Crippen molar-refractivity contribution in [2.24, 2.45) is 0 Å². The third kappa shape index (κ3) is 3.35. The van der Waals surface area contributed by atoms with Crippen molar-refractivity contribution in [3.63, 3.8) is 0 Å². The largest absolute Gasteiger partial charge is 0.465 e. The summed E-state index contributed by atoms with van der Waals surface area (Å²) >= 11 is 3.39. The number of carbonyl (C=O) groups excluding carboxylic acids is 1. The third-order valence-corrected chi connectivity index (χ3v) is 4.29. The van der Waals surface area contributed by atoms with Gasteiger partial charge in [0.25, 0.3) is 5.91 Å². The lowest BCUT2D eigenvalue weighted by Gasteiger charge is -2.21. The molecule has 0 bridgehead atoms. The Labute approximate surface area is 131 Å². The van der Waals surface area contributed by atoms with E-state index in [0.717, 1.165) is 5.56 Å². The summed E-state index contributed by atoms with van der Waals surface area (Å²) in [5, 5.41) is 0. The summed E-state index contributed by atoms with van der Waals surface area (Å²) in [5.41, 5.74) is 1.30. The molecule has 5 heteroatoms.